The number of hydrogen-bond acceptors (Lipinski definition) is 6. The number of amides is 1. The summed E-state index contributed by atoms with van der Waals surface area (Å²) in [6.07, 6.45) is 2.23. The molecular formula is C20H30ClN5O3S. The Kier molecular flexibility index (Phi) is 9.13. The van der Waals surface area contributed by atoms with Crippen molar-refractivity contribution >= 4 is 40.4 Å². The fourth-order valence-corrected chi connectivity index (χ4v) is 4.30. The number of nitrogen functional groups attached to an aromatic ring is 1. The molecule has 0 radical (unpaired) electrons. The van der Waals surface area contributed by atoms with Gasteiger partial charge in [0, 0.05) is 24.5 Å². The zero-order valence-corrected chi connectivity index (χ0v) is 19.3. The van der Waals surface area contributed by atoms with E-state index in [9.17, 15) is 14.4 Å². The number of likely N-dealkylation sites (N-methyl/N-ethyl adjacent to an activating group) is 1. The summed E-state index contributed by atoms with van der Waals surface area (Å²) in [6.45, 7) is 7.98. The van der Waals surface area contributed by atoms with Crippen LogP contribution in [0.15, 0.2) is 21.7 Å². The Balaban J connectivity index is 2.34. The maximum atomic E-state index is 13.2. The topological polar surface area (TPSA) is 104 Å². The van der Waals surface area contributed by atoms with Crippen molar-refractivity contribution in [2.45, 2.75) is 53.1 Å². The highest BCUT2D eigenvalue weighted by molar-refractivity contribution is 7.16. The normalized spacial score (nSPS) is 11.2. The van der Waals surface area contributed by atoms with Gasteiger partial charge in [-0.2, -0.15) is 0 Å². The third-order valence-electron chi connectivity index (χ3n) is 4.78. The number of carbonyl (C=O) groups excluding carboxylic acids is 1. The molecule has 0 bridgehead atoms. The largest absolute Gasteiger partial charge is 0.383 e. The maximum Gasteiger partial charge on any atom is 0.330 e. The predicted octanol–water partition coefficient (Wildman–Crippen LogP) is 2.90. The van der Waals surface area contributed by atoms with Crippen LogP contribution >= 0.6 is 22.9 Å². The van der Waals surface area contributed by atoms with Crippen LogP contribution < -0.4 is 21.9 Å². The van der Waals surface area contributed by atoms with E-state index in [0.717, 1.165) is 11.3 Å². The number of rotatable bonds is 11. The lowest BCUT2D eigenvalue weighted by Gasteiger charge is -2.27. The minimum Gasteiger partial charge on any atom is -0.383 e. The Morgan fingerprint density at radius 3 is 2.53 bits per heavy atom. The van der Waals surface area contributed by atoms with Gasteiger partial charge >= 0.3 is 5.69 Å². The molecule has 0 aliphatic rings. The number of nitrogens with zero attached hydrogens (tertiary/aromatic N) is 3. The summed E-state index contributed by atoms with van der Waals surface area (Å²) in [4.78, 5) is 44.8. The molecule has 0 aliphatic carbocycles. The van der Waals surface area contributed by atoms with Crippen molar-refractivity contribution in [1.82, 2.24) is 14.5 Å². The molecule has 166 valence electrons. The van der Waals surface area contributed by atoms with Crippen LogP contribution in [0, 0.1) is 0 Å². The Morgan fingerprint density at radius 2 is 1.97 bits per heavy atom. The van der Waals surface area contributed by atoms with E-state index in [-0.39, 0.29) is 24.0 Å². The second-order valence-electron chi connectivity index (χ2n) is 7.05. The second-order valence-corrected chi connectivity index (χ2v) is 8.85. The highest BCUT2D eigenvalue weighted by atomic mass is 35.5. The van der Waals surface area contributed by atoms with Crippen molar-refractivity contribution in [3.05, 3.63) is 42.2 Å². The molecule has 1 amide bonds. The fourth-order valence-electron chi connectivity index (χ4n) is 3.17. The number of halogens is 1. The van der Waals surface area contributed by atoms with Crippen LogP contribution in [0.25, 0.3) is 0 Å². The Morgan fingerprint density at radius 1 is 1.23 bits per heavy atom. The smallest absolute Gasteiger partial charge is 0.330 e. The number of anilines is 2. The zero-order chi connectivity index (χ0) is 22.3. The molecule has 2 aromatic heterocycles. The molecule has 0 aliphatic heterocycles. The Labute approximate surface area is 185 Å². The average molecular weight is 456 g/mol. The molecule has 2 aromatic rings. The molecule has 2 heterocycles. The third kappa shape index (κ3) is 5.96. The fraction of sp³-hybridized carbons (Fsp3) is 0.550. The van der Waals surface area contributed by atoms with Crippen LogP contribution in [0.1, 0.15) is 44.9 Å². The molecule has 0 saturated carbocycles. The van der Waals surface area contributed by atoms with E-state index in [2.05, 4.69) is 4.98 Å². The van der Waals surface area contributed by atoms with E-state index in [0.29, 0.717) is 43.4 Å². The van der Waals surface area contributed by atoms with Crippen molar-refractivity contribution in [2.24, 2.45) is 0 Å². The van der Waals surface area contributed by atoms with E-state index in [1.165, 1.54) is 20.8 Å². The van der Waals surface area contributed by atoms with Crippen LogP contribution in [0.2, 0.25) is 4.34 Å². The monoisotopic (exact) mass is 455 g/mol. The summed E-state index contributed by atoms with van der Waals surface area (Å²) < 4.78 is 2.02. The van der Waals surface area contributed by atoms with Gasteiger partial charge in [-0.1, -0.05) is 38.8 Å². The molecule has 0 unspecified atom stereocenters. The minimum absolute atomic E-state index is 0.0307. The van der Waals surface area contributed by atoms with E-state index in [1.807, 2.05) is 37.8 Å². The molecule has 2 rings (SSSR count). The van der Waals surface area contributed by atoms with Crippen LogP contribution in [-0.2, 0) is 17.9 Å². The van der Waals surface area contributed by atoms with Crippen molar-refractivity contribution in [2.75, 3.05) is 30.3 Å². The molecule has 30 heavy (non-hydrogen) atoms. The molecular weight excluding hydrogens is 426 g/mol. The number of H-pyrrole nitrogens is 1. The van der Waals surface area contributed by atoms with Gasteiger partial charge in [0.2, 0.25) is 5.91 Å². The van der Waals surface area contributed by atoms with E-state index >= 15 is 0 Å². The minimum atomic E-state index is -0.637. The van der Waals surface area contributed by atoms with Crippen molar-refractivity contribution in [3.63, 3.8) is 0 Å². The SMILES string of the molecule is CCCCN(C(=O)CN(CC)Cc1ccc(Cl)s1)c1c(N)n(CCC)c(=O)[nH]c1=O. The first kappa shape index (κ1) is 24.2. The van der Waals surface area contributed by atoms with Gasteiger partial charge in [0.25, 0.3) is 5.56 Å². The van der Waals surface area contributed by atoms with E-state index < -0.39 is 11.2 Å². The van der Waals surface area contributed by atoms with Crippen LogP contribution in [-0.4, -0.2) is 40.0 Å². The van der Waals surface area contributed by atoms with Gasteiger partial charge in [0.05, 0.1) is 10.9 Å². The van der Waals surface area contributed by atoms with Crippen molar-refractivity contribution < 1.29 is 4.79 Å². The van der Waals surface area contributed by atoms with Crippen LogP contribution in [0.4, 0.5) is 11.5 Å². The standard InChI is InChI=1S/C20H30ClN5O3S/c1-4-7-11-25(17-18(22)26(10-5-2)20(29)23-19(17)28)16(27)13-24(6-3)12-14-8-9-15(21)30-14/h8-9H,4-7,10-13,22H2,1-3H3,(H,23,28,29). The lowest BCUT2D eigenvalue weighted by molar-refractivity contribution is -0.119. The Hall–Kier alpha value is -2.10. The van der Waals surface area contributed by atoms with Gasteiger partial charge in [0.15, 0.2) is 5.69 Å². The van der Waals surface area contributed by atoms with Gasteiger partial charge in [-0.05, 0) is 31.5 Å². The number of aromatic nitrogens is 2. The first-order valence-electron chi connectivity index (χ1n) is 10.2. The molecule has 8 nitrogen and oxygen atoms in total. The van der Waals surface area contributed by atoms with Gasteiger partial charge < -0.3 is 10.6 Å². The predicted molar refractivity (Wildman–Crippen MR) is 124 cm³/mol. The van der Waals surface area contributed by atoms with Gasteiger partial charge in [-0.15, -0.1) is 11.3 Å². The molecule has 0 fully saturated rings. The maximum absolute atomic E-state index is 13.2. The molecule has 10 heteroatoms. The lowest BCUT2D eigenvalue weighted by atomic mass is 10.2. The summed E-state index contributed by atoms with van der Waals surface area (Å²) in [6, 6.07) is 3.78. The first-order chi connectivity index (χ1) is 14.3. The number of carbonyl (C=O) groups is 1. The number of hydrogen-bond donors (Lipinski definition) is 2. The number of nitrogens with one attached hydrogen (secondary N) is 1. The number of nitrogens with two attached hydrogens (primary N) is 1. The number of aromatic amines is 1. The summed E-state index contributed by atoms with van der Waals surface area (Å²) >= 11 is 7.49. The number of unbranched alkanes of at least 4 members (excludes halogenated alkanes) is 1. The van der Waals surface area contributed by atoms with Gasteiger partial charge in [0.1, 0.15) is 5.82 Å². The van der Waals surface area contributed by atoms with E-state index in [1.54, 1.807) is 0 Å². The molecule has 0 atom stereocenters. The molecule has 0 saturated heterocycles. The summed E-state index contributed by atoms with van der Waals surface area (Å²) in [5, 5.41) is 0. The first-order valence-corrected chi connectivity index (χ1v) is 11.4. The highest BCUT2D eigenvalue weighted by Crippen LogP contribution is 2.23. The second kappa shape index (κ2) is 11.3. The van der Waals surface area contributed by atoms with Gasteiger partial charge in [-0.25, -0.2) is 4.79 Å². The van der Waals surface area contributed by atoms with Gasteiger partial charge in [-0.3, -0.25) is 24.0 Å². The third-order valence-corrected chi connectivity index (χ3v) is 6.00. The van der Waals surface area contributed by atoms with Crippen molar-refractivity contribution in [1.29, 1.82) is 0 Å². The number of thiophene rings is 1. The summed E-state index contributed by atoms with van der Waals surface area (Å²) in [7, 11) is 0. The Bertz CT molecular complexity index is 968. The summed E-state index contributed by atoms with van der Waals surface area (Å²) in [5.74, 6) is -0.199. The lowest BCUT2D eigenvalue weighted by Crippen LogP contribution is -2.45. The average Bonchev–Trinajstić information content (AvgIpc) is 3.11. The molecule has 0 aromatic carbocycles. The van der Waals surface area contributed by atoms with Crippen LogP contribution in [0.3, 0.4) is 0 Å². The van der Waals surface area contributed by atoms with E-state index in [4.69, 9.17) is 17.3 Å². The summed E-state index contributed by atoms with van der Waals surface area (Å²) in [5.41, 5.74) is 5.05. The zero-order valence-electron chi connectivity index (χ0n) is 17.7. The highest BCUT2D eigenvalue weighted by Gasteiger charge is 2.25. The quantitative estimate of drug-likeness (QED) is 0.542. The molecule has 0 spiro atoms. The molecule has 3 N–H and O–H groups in total. The van der Waals surface area contributed by atoms with Crippen molar-refractivity contribution in [3.8, 4) is 0 Å². The van der Waals surface area contributed by atoms with Crippen LogP contribution in [0.5, 0.6) is 0 Å².